The molecule has 0 unspecified atom stereocenters. The van der Waals surface area contributed by atoms with Crippen molar-refractivity contribution in [2.75, 3.05) is 6.61 Å². The molecular formula is C11H21NOS. The normalized spacial score (nSPS) is 18.3. The summed E-state index contributed by atoms with van der Waals surface area (Å²) in [6, 6.07) is 0. The Hall–Kier alpha value is -0.150. The van der Waals surface area contributed by atoms with Gasteiger partial charge in [-0.15, -0.1) is 0 Å². The zero-order valence-corrected chi connectivity index (χ0v) is 9.65. The van der Waals surface area contributed by atoms with Crippen LogP contribution in [-0.4, -0.2) is 17.7 Å². The second kappa shape index (κ2) is 7.18. The molecule has 0 radical (unpaired) electrons. The van der Waals surface area contributed by atoms with Crippen LogP contribution in [0.1, 0.15) is 51.4 Å². The minimum absolute atomic E-state index is 0.536. The molecule has 1 aliphatic carbocycles. The molecule has 1 rings (SSSR count). The van der Waals surface area contributed by atoms with Crippen molar-refractivity contribution in [3.05, 3.63) is 0 Å². The van der Waals surface area contributed by atoms with Crippen LogP contribution in [0.25, 0.3) is 0 Å². The molecule has 0 aromatic heterocycles. The second-order valence-electron chi connectivity index (χ2n) is 4.05. The van der Waals surface area contributed by atoms with Crippen LogP contribution in [0.4, 0.5) is 0 Å². The van der Waals surface area contributed by atoms with Crippen LogP contribution in [0, 0.1) is 0 Å². The summed E-state index contributed by atoms with van der Waals surface area (Å²) in [5, 5.41) is 0. The maximum absolute atomic E-state index is 5.78. The summed E-state index contributed by atoms with van der Waals surface area (Å²) in [6.07, 6.45) is 10.2. The van der Waals surface area contributed by atoms with Gasteiger partial charge in [0, 0.05) is 6.61 Å². The molecule has 0 aromatic carbocycles. The molecule has 0 spiro atoms. The van der Waals surface area contributed by atoms with Crippen LogP contribution in [-0.2, 0) is 4.74 Å². The van der Waals surface area contributed by atoms with Gasteiger partial charge in [-0.1, -0.05) is 31.5 Å². The van der Waals surface area contributed by atoms with Crippen LogP contribution >= 0.6 is 12.2 Å². The quantitative estimate of drug-likeness (QED) is 0.546. The summed E-state index contributed by atoms with van der Waals surface area (Å²) < 4.78 is 5.78. The van der Waals surface area contributed by atoms with E-state index < -0.39 is 0 Å². The lowest BCUT2D eigenvalue weighted by molar-refractivity contribution is 0.0267. The lowest BCUT2D eigenvalue weighted by Gasteiger charge is -2.21. The molecule has 0 amide bonds. The Morgan fingerprint density at radius 3 is 2.57 bits per heavy atom. The van der Waals surface area contributed by atoms with Crippen LogP contribution in [0.3, 0.4) is 0 Å². The van der Waals surface area contributed by atoms with Gasteiger partial charge in [-0.2, -0.15) is 0 Å². The lowest BCUT2D eigenvalue weighted by Crippen LogP contribution is -2.17. The van der Waals surface area contributed by atoms with Crippen molar-refractivity contribution < 1.29 is 4.74 Å². The van der Waals surface area contributed by atoms with Crippen LogP contribution in [0.15, 0.2) is 0 Å². The first-order valence-corrected chi connectivity index (χ1v) is 6.10. The molecule has 0 aromatic rings. The first kappa shape index (κ1) is 11.9. The fraction of sp³-hybridized carbons (Fsp3) is 0.909. The third-order valence-electron chi connectivity index (χ3n) is 2.72. The first-order chi connectivity index (χ1) is 6.79. The second-order valence-corrected chi connectivity index (χ2v) is 4.58. The molecule has 0 bridgehead atoms. The molecule has 0 atom stereocenters. The summed E-state index contributed by atoms with van der Waals surface area (Å²) in [4.78, 5) is 0.627. The van der Waals surface area contributed by atoms with E-state index in [9.17, 15) is 0 Å². The number of unbranched alkanes of at least 4 members (excludes halogenated alkanes) is 1. The predicted molar refractivity (Wildman–Crippen MR) is 63.5 cm³/mol. The monoisotopic (exact) mass is 215 g/mol. The van der Waals surface area contributed by atoms with E-state index in [2.05, 4.69) is 0 Å². The van der Waals surface area contributed by atoms with E-state index >= 15 is 0 Å². The van der Waals surface area contributed by atoms with Crippen molar-refractivity contribution in [2.24, 2.45) is 5.73 Å². The van der Waals surface area contributed by atoms with E-state index in [1.54, 1.807) is 0 Å². The molecule has 1 saturated carbocycles. The minimum atomic E-state index is 0.536. The van der Waals surface area contributed by atoms with Crippen molar-refractivity contribution in [1.82, 2.24) is 0 Å². The standard InChI is InChI=1S/C11H21NOS/c12-11(14)8-4-5-9-13-10-6-2-1-3-7-10/h10H,1-9H2,(H2,12,14). The molecule has 1 fully saturated rings. The van der Waals surface area contributed by atoms with Crippen LogP contribution in [0.5, 0.6) is 0 Å². The molecule has 14 heavy (non-hydrogen) atoms. The number of ether oxygens (including phenoxy) is 1. The van der Waals surface area contributed by atoms with E-state index in [-0.39, 0.29) is 0 Å². The van der Waals surface area contributed by atoms with Crippen molar-refractivity contribution in [1.29, 1.82) is 0 Å². The van der Waals surface area contributed by atoms with E-state index in [4.69, 9.17) is 22.7 Å². The van der Waals surface area contributed by atoms with Gasteiger partial charge in [0.2, 0.25) is 0 Å². The molecule has 0 heterocycles. The fourth-order valence-electron chi connectivity index (χ4n) is 1.88. The van der Waals surface area contributed by atoms with Crippen LogP contribution < -0.4 is 5.73 Å². The molecular weight excluding hydrogens is 194 g/mol. The Bertz CT molecular complexity index is 167. The summed E-state index contributed by atoms with van der Waals surface area (Å²) in [7, 11) is 0. The third kappa shape index (κ3) is 5.55. The number of thiocarbonyl (C=S) groups is 1. The van der Waals surface area contributed by atoms with Crippen molar-refractivity contribution in [2.45, 2.75) is 57.5 Å². The van der Waals surface area contributed by atoms with Crippen molar-refractivity contribution in [3.8, 4) is 0 Å². The number of rotatable bonds is 6. The van der Waals surface area contributed by atoms with Gasteiger partial charge in [-0.25, -0.2) is 0 Å². The SMILES string of the molecule is NC(=S)CCCCOC1CCCCC1. The highest BCUT2D eigenvalue weighted by molar-refractivity contribution is 7.80. The van der Waals surface area contributed by atoms with Gasteiger partial charge in [0.1, 0.15) is 0 Å². The van der Waals surface area contributed by atoms with Gasteiger partial charge in [-0.05, 0) is 32.1 Å². The van der Waals surface area contributed by atoms with E-state index in [0.717, 1.165) is 25.9 Å². The molecule has 3 heteroatoms. The average Bonchev–Trinajstić information content (AvgIpc) is 2.18. The van der Waals surface area contributed by atoms with E-state index in [0.29, 0.717) is 11.1 Å². The highest BCUT2D eigenvalue weighted by Crippen LogP contribution is 2.20. The van der Waals surface area contributed by atoms with Gasteiger partial charge >= 0.3 is 0 Å². The number of hydrogen-bond acceptors (Lipinski definition) is 2. The lowest BCUT2D eigenvalue weighted by atomic mass is 9.98. The van der Waals surface area contributed by atoms with Gasteiger partial charge in [0.05, 0.1) is 11.1 Å². The average molecular weight is 215 g/mol. The number of nitrogens with two attached hydrogens (primary N) is 1. The fourth-order valence-corrected chi connectivity index (χ4v) is 2.03. The molecule has 0 saturated heterocycles. The Labute approximate surface area is 92.2 Å². The Kier molecular flexibility index (Phi) is 6.12. The highest BCUT2D eigenvalue weighted by Gasteiger charge is 2.12. The van der Waals surface area contributed by atoms with Gasteiger partial charge in [0.15, 0.2) is 0 Å². The molecule has 0 aliphatic heterocycles. The maximum Gasteiger partial charge on any atom is 0.0727 e. The van der Waals surface area contributed by atoms with Crippen molar-refractivity contribution >= 4 is 17.2 Å². The Morgan fingerprint density at radius 1 is 1.21 bits per heavy atom. The number of hydrogen-bond donors (Lipinski definition) is 1. The van der Waals surface area contributed by atoms with Crippen molar-refractivity contribution in [3.63, 3.8) is 0 Å². The summed E-state index contributed by atoms with van der Waals surface area (Å²) >= 11 is 4.81. The minimum Gasteiger partial charge on any atom is -0.393 e. The summed E-state index contributed by atoms with van der Waals surface area (Å²) in [6.45, 7) is 0.882. The van der Waals surface area contributed by atoms with Gasteiger partial charge in [0.25, 0.3) is 0 Å². The van der Waals surface area contributed by atoms with Gasteiger partial charge < -0.3 is 10.5 Å². The summed E-state index contributed by atoms with van der Waals surface area (Å²) in [5.74, 6) is 0. The predicted octanol–water partition coefficient (Wildman–Crippen LogP) is 2.79. The van der Waals surface area contributed by atoms with E-state index in [1.165, 1.54) is 32.1 Å². The van der Waals surface area contributed by atoms with E-state index in [1.807, 2.05) is 0 Å². The smallest absolute Gasteiger partial charge is 0.0727 e. The molecule has 82 valence electrons. The molecule has 2 N–H and O–H groups in total. The Balaban J connectivity index is 1.90. The van der Waals surface area contributed by atoms with Gasteiger partial charge in [-0.3, -0.25) is 0 Å². The topological polar surface area (TPSA) is 35.2 Å². The Morgan fingerprint density at radius 2 is 1.93 bits per heavy atom. The highest BCUT2D eigenvalue weighted by atomic mass is 32.1. The first-order valence-electron chi connectivity index (χ1n) is 5.69. The summed E-state index contributed by atoms with van der Waals surface area (Å²) in [5.41, 5.74) is 5.41. The maximum atomic E-state index is 5.78. The zero-order chi connectivity index (χ0) is 10.2. The largest absolute Gasteiger partial charge is 0.393 e. The zero-order valence-electron chi connectivity index (χ0n) is 8.84. The van der Waals surface area contributed by atoms with Crippen LogP contribution in [0.2, 0.25) is 0 Å². The molecule has 1 aliphatic rings. The third-order valence-corrected chi connectivity index (χ3v) is 2.93. The molecule has 2 nitrogen and oxygen atoms in total.